The third kappa shape index (κ3) is 4.31. The molecule has 2 aromatic carbocycles. The zero-order valence-electron chi connectivity index (χ0n) is 12.0. The second-order valence-corrected chi connectivity index (χ2v) is 4.55. The van der Waals surface area contributed by atoms with Gasteiger partial charge in [-0.25, -0.2) is 0 Å². The predicted octanol–water partition coefficient (Wildman–Crippen LogP) is 3.39. The smallest absolute Gasteiger partial charge is 0.326 e. The van der Waals surface area contributed by atoms with Crippen molar-refractivity contribution in [2.45, 2.75) is 6.42 Å². The zero-order valence-corrected chi connectivity index (χ0v) is 12.0. The molecular weight excluding hydrogens is 280 g/mol. The van der Waals surface area contributed by atoms with Crippen LogP contribution in [0.4, 0.5) is 0 Å². The van der Waals surface area contributed by atoms with Gasteiger partial charge in [-0.05, 0) is 30.7 Å². The van der Waals surface area contributed by atoms with Crippen LogP contribution >= 0.6 is 0 Å². The maximum atomic E-state index is 12.2. The Bertz CT molecular complexity index is 581. The van der Waals surface area contributed by atoms with Gasteiger partial charge in [0.25, 0.3) is 0 Å². The Labute approximate surface area is 129 Å². The Hall–Kier alpha value is -2.88. The molecule has 4 heteroatoms. The van der Waals surface area contributed by atoms with Gasteiger partial charge in [0.05, 0.1) is 0 Å². The fourth-order valence-electron chi connectivity index (χ4n) is 1.81. The molecule has 0 aliphatic rings. The van der Waals surface area contributed by atoms with Crippen molar-refractivity contribution in [1.82, 2.24) is 0 Å². The standard InChI is InChI=1S/C18H16O4/c1-2-9-16(17(19)21-14-10-5-3-6-11-14)18(20)22-15-12-7-4-8-13-15/h2-8,10-13,16H,1,9H2. The number of carbonyl (C=O) groups is 2. The van der Waals surface area contributed by atoms with Crippen LogP contribution < -0.4 is 9.47 Å². The lowest BCUT2D eigenvalue weighted by atomic mass is 10.1. The van der Waals surface area contributed by atoms with Crippen LogP contribution in [-0.2, 0) is 9.59 Å². The number of hydrogen-bond acceptors (Lipinski definition) is 4. The van der Waals surface area contributed by atoms with E-state index in [0.717, 1.165) is 0 Å². The SMILES string of the molecule is C=CCC(C(=O)Oc1ccccc1)C(=O)Oc1ccccc1. The lowest BCUT2D eigenvalue weighted by Gasteiger charge is -2.13. The second kappa shape index (κ2) is 7.78. The molecule has 0 aliphatic carbocycles. The molecule has 4 nitrogen and oxygen atoms in total. The van der Waals surface area contributed by atoms with Crippen LogP contribution in [0.3, 0.4) is 0 Å². The van der Waals surface area contributed by atoms with E-state index in [1.54, 1.807) is 48.5 Å². The predicted molar refractivity (Wildman–Crippen MR) is 82.5 cm³/mol. The molecule has 0 atom stereocenters. The van der Waals surface area contributed by atoms with E-state index in [0.29, 0.717) is 11.5 Å². The summed E-state index contributed by atoms with van der Waals surface area (Å²) in [5.74, 6) is -1.60. The third-order valence-corrected chi connectivity index (χ3v) is 2.89. The molecule has 0 amide bonds. The monoisotopic (exact) mass is 296 g/mol. The Morgan fingerprint density at radius 3 is 1.64 bits per heavy atom. The van der Waals surface area contributed by atoms with E-state index in [-0.39, 0.29) is 6.42 Å². The van der Waals surface area contributed by atoms with Gasteiger partial charge in [0, 0.05) is 0 Å². The topological polar surface area (TPSA) is 52.6 Å². The quantitative estimate of drug-likeness (QED) is 0.355. The average molecular weight is 296 g/mol. The molecule has 0 aromatic heterocycles. The molecule has 0 saturated heterocycles. The number of ether oxygens (including phenoxy) is 2. The first kappa shape index (κ1) is 15.5. The van der Waals surface area contributed by atoms with Crippen LogP contribution in [0.5, 0.6) is 11.5 Å². The van der Waals surface area contributed by atoms with Crippen LogP contribution in [0.2, 0.25) is 0 Å². The van der Waals surface area contributed by atoms with E-state index >= 15 is 0 Å². The number of carbonyl (C=O) groups excluding carboxylic acids is 2. The van der Waals surface area contributed by atoms with Crippen molar-refractivity contribution in [3.63, 3.8) is 0 Å². The number of allylic oxidation sites excluding steroid dienone is 1. The summed E-state index contributed by atoms with van der Waals surface area (Å²) in [4.78, 5) is 24.3. The minimum Gasteiger partial charge on any atom is -0.426 e. The van der Waals surface area contributed by atoms with Crippen molar-refractivity contribution in [2.24, 2.45) is 5.92 Å². The van der Waals surface area contributed by atoms with E-state index in [1.165, 1.54) is 6.08 Å². The van der Waals surface area contributed by atoms with Crippen molar-refractivity contribution >= 4 is 11.9 Å². The zero-order chi connectivity index (χ0) is 15.8. The lowest BCUT2D eigenvalue weighted by Crippen LogP contribution is -2.31. The fourth-order valence-corrected chi connectivity index (χ4v) is 1.81. The highest BCUT2D eigenvalue weighted by molar-refractivity contribution is 5.96. The Morgan fingerprint density at radius 2 is 1.27 bits per heavy atom. The van der Waals surface area contributed by atoms with E-state index in [2.05, 4.69) is 6.58 Å². The summed E-state index contributed by atoms with van der Waals surface area (Å²) in [5.41, 5.74) is 0. The van der Waals surface area contributed by atoms with Gasteiger partial charge in [-0.1, -0.05) is 42.5 Å². The van der Waals surface area contributed by atoms with Crippen molar-refractivity contribution in [2.75, 3.05) is 0 Å². The molecule has 2 aromatic rings. The number of rotatable bonds is 6. The molecule has 0 fully saturated rings. The van der Waals surface area contributed by atoms with E-state index in [4.69, 9.17) is 9.47 Å². The van der Waals surface area contributed by atoms with Crippen LogP contribution in [0.1, 0.15) is 6.42 Å². The molecule has 112 valence electrons. The highest BCUT2D eigenvalue weighted by Gasteiger charge is 2.29. The van der Waals surface area contributed by atoms with Crippen LogP contribution in [-0.4, -0.2) is 11.9 Å². The van der Waals surface area contributed by atoms with Crippen molar-refractivity contribution in [3.8, 4) is 11.5 Å². The van der Waals surface area contributed by atoms with E-state index in [9.17, 15) is 9.59 Å². The van der Waals surface area contributed by atoms with E-state index in [1.807, 2.05) is 12.1 Å². The Kier molecular flexibility index (Phi) is 5.49. The molecule has 0 bridgehead atoms. The van der Waals surface area contributed by atoms with Gasteiger partial charge < -0.3 is 9.47 Å². The molecule has 0 aliphatic heterocycles. The maximum Gasteiger partial charge on any atom is 0.326 e. The van der Waals surface area contributed by atoms with Crippen LogP contribution in [0, 0.1) is 5.92 Å². The molecule has 0 N–H and O–H groups in total. The first-order chi connectivity index (χ1) is 10.7. The van der Waals surface area contributed by atoms with Crippen molar-refractivity contribution in [3.05, 3.63) is 73.3 Å². The number of esters is 2. The second-order valence-electron chi connectivity index (χ2n) is 4.55. The van der Waals surface area contributed by atoms with Gasteiger partial charge in [0.15, 0.2) is 5.92 Å². The minimum atomic E-state index is -1.04. The molecule has 2 rings (SSSR count). The molecule has 0 heterocycles. The molecule has 0 saturated carbocycles. The molecule has 0 radical (unpaired) electrons. The number of benzene rings is 2. The van der Waals surface area contributed by atoms with E-state index < -0.39 is 17.9 Å². The Morgan fingerprint density at radius 1 is 0.864 bits per heavy atom. The summed E-state index contributed by atoms with van der Waals surface area (Å²) in [6.07, 6.45) is 1.64. The molecule has 0 unspecified atom stereocenters. The van der Waals surface area contributed by atoms with Crippen molar-refractivity contribution < 1.29 is 19.1 Å². The minimum absolute atomic E-state index is 0.150. The Balaban J connectivity index is 2.06. The summed E-state index contributed by atoms with van der Waals surface area (Å²) in [6, 6.07) is 17.2. The van der Waals surface area contributed by atoms with Crippen LogP contribution in [0.25, 0.3) is 0 Å². The fraction of sp³-hybridized carbons (Fsp3) is 0.111. The number of hydrogen-bond donors (Lipinski definition) is 0. The maximum absolute atomic E-state index is 12.2. The van der Waals surface area contributed by atoms with Gasteiger partial charge in [0.2, 0.25) is 0 Å². The summed E-state index contributed by atoms with van der Waals surface area (Å²) >= 11 is 0. The highest BCUT2D eigenvalue weighted by atomic mass is 16.6. The van der Waals surface area contributed by atoms with Gasteiger partial charge in [-0.2, -0.15) is 0 Å². The first-order valence-corrected chi connectivity index (χ1v) is 6.85. The molecular formula is C18H16O4. The molecule has 22 heavy (non-hydrogen) atoms. The van der Waals surface area contributed by atoms with Gasteiger partial charge in [-0.3, -0.25) is 9.59 Å². The average Bonchev–Trinajstić information content (AvgIpc) is 2.54. The molecule has 0 spiro atoms. The van der Waals surface area contributed by atoms with Gasteiger partial charge >= 0.3 is 11.9 Å². The summed E-state index contributed by atoms with van der Waals surface area (Å²) in [5, 5.41) is 0. The third-order valence-electron chi connectivity index (χ3n) is 2.89. The van der Waals surface area contributed by atoms with Gasteiger partial charge in [-0.15, -0.1) is 6.58 Å². The largest absolute Gasteiger partial charge is 0.426 e. The van der Waals surface area contributed by atoms with Crippen molar-refractivity contribution in [1.29, 1.82) is 0 Å². The number of para-hydroxylation sites is 2. The van der Waals surface area contributed by atoms with Crippen LogP contribution in [0.15, 0.2) is 73.3 Å². The summed E-state index contributed by atoms with van der Waals surface area (Å²) < 4.78 is 10.4. The summed E-state index contributed by atoms with van der Waals surface area (Å²) in [6.45, 7) is 3.56. The lowest BCUT2D eigenvalue weighted by molar-refractivity contribution is -0.151. The highest BCUT2D eigenvalue weighted by Crippen LogP contribution is 2.17. The first-order valence-electron chi connectivity index (χ1n) is 6.85. The van der Waals surface area contributed by atoms with Gasteiger partial charge in [0.1, 0.15) is 11.5 Å². The normalized spacial score (nSPS) is 10.0. The summed E-state index contributed by atoms with van der Waals surface area (Å²) in [7, 11) is 0.